The lowest BCUT2D eigenvalue weighted by Gasteiger charge is -2.20. The van der Waals surface area contributed by atoms with E-state index < -0.39 is 5.97 Å². The molecule has 7 nitrogen and oxygen atoms in total. The number of phenols is 1. The molecule has 0 bridgehead atoms. The number of amides is 2. The third-order valence-corrected chi connectivity index (χ3v) is 4.56. The van der Waals surface area contributed by atoms with Crippen LogP contribution in [0.1, 0.15) is 47.2 Å². The summed E-state index contributed by atoms with van der Waals surface area (Å²) in [6.45, 7) is 1.77. The highest BCUT2D eigenvalue weighted by molar-refractivity contribution is 5.91. The van der Waals surface area contributed by atoms with Crippen molar-refractivity contribution < 1.29 is 24.6 Å². The van der Waals surface area contributed by atoms with Gasteiger partial charge in [0.1, 0.15) is 11.3 Å². The van der Waals surface area contributed by atoms with Crippen molar-refractivity contribution in [3.63, 3.8) is 0 Å². The molecule has 2 N–H and O–H groups in total. The number of aromatic hydroxyl groups is 1. The van der Waals surface area contributed by atoms with E-state index in [-0.39, 0.29) is 29.7 Å². The lowest BCUT2D eigenvalue weighted by atomic mass is 10.0. The number of benzene rings is 1. The van der Waals surface area contributed by atoms with Crippen molar-refractivity contribution in [3.8, 4) is 5.75 Å². The SMILES string of the molecule is O=C(O)c1cc(CN2CCCC2=O)cc(CN2CCCC2=O)c1O. The molecule has 0 unspecified atom stereocenters. The Labute approximate surface area is 139 Å². The first-order chi connectivity index (χ1) is 11.5. The molecule has 128 valence electrons. The maximum absolute atomic E-state index is 11.8. The number of carboxylic acid groups (broad SMARTS) is 1. The molecule has 2 heterocycles. The fraction of sp³-hybridized carbons (Fsp3) is 0.471. The molecule has 3 rings (SSSR count). The van der Waals surface area contributed by atoms with Crippen LogP contribution >= 0.6 is 0 Å². The largest absolute Gasteiger partial charge is 0.507 e. The number of rotatable bonds is 5. The fourth-order valence-corrected chi connectivity index (χ4v) is 3.30. The number of carbonyl (C=O) groups excluding carboxylic acids is 2. The van der Waals surface area contributed by atoms with E-state index in [1.165, 1.54) is 6.07 Å². The van der Waals surface area contributed by atoms with Gasteiger partial charge in [0, 0.05) is 44.6 Å². The van der Waals surface area contributed by atoms with Gasteiger partial charge in [-0.2, -0.15) is 0 Å². The molecule has 2 amide bonds. The number of likely N-dealkylation sites (tertiary alicyclic amines) is 2. The zero-order valence-electron chi connectivity index (χ0n) is 13.3. The number of hydrogen-bond donors (Lipinski definition) is 2. The number of aromatic carboxylic acids is 1. The minimum Gasteiger partial charge on any atom is -0.507 e. The first-order valence-corrected chi connectivity index (χ1v) is 8.09. The molecule has 2 fully saturated rings. The molecule has 0 atom stereocenters. The van der Waals surface area contributed by atoms with E-state index in [0.717, 1.165) is 12.8 Å². The van der Waals surface area contributed by atoms with Crippen molar-refractivity contribution in [2.75, 3.05) is 13.1 Å². The summed E-state index contributed by atoms with van der Waals surface area (Å²) in [5.74, 6) is -1.47. The number of hydrogen-bond acceptors (Lipinski definition) is 4. The van der Waals surface area contributed by atoms with Gasteiger partial charge in [-0.05, 0) is 30.5 Å². The van der Waals surface area contributed by atoms with Crippen molar-refractivity contribution >= 4 is 17.8 Å². The predicted octanol–water partition coefficient (Wildman–Crippen LogP) is 1.34. The molecular formula is C17H20N2O5. The Morgan fingerprint density at radius 1 is 1.00 bits per heavy atom. The molecule has 0 aromatic heterocycles. The zero-order chi connectivity index (χ0) is 17.3. The van der Waals surface area contributed by atoms with Gasteiger partial charge < -0.3 is 20.0 Å². The van der Waals surface area contributed by atoms with E-state index >= 15 is 0 Å². The number of carbonyl (C=O) groups is 3. The van der Waals surface area contributed by atoms with Crippen LogP contribution in [0.4, 0.5) is 0 Å². The molecule has 1 aromatic carbocycles. The third-order valence-electron chi connectivity index (χ3n) is 4.56. The normalized spacial score (nSPS) is 17.8. The maximum Gasteiger partial charge on any atom is 0.339 e. The van der Waals surface area contributed by atoms with Crippen LogP contribution in [0, 0.1) is 0 Å². The van der Waals surface area contributed by atoms with Crippen LogP contribution in [0.5, 0.6) is 5.75 Å². The van der Waals surface area contributed by atoms with Crippen LogP contribution in [-0.2, 0) is 22.7 Å². The van der Waals surface area contributed by atoms with Crippen LogP contribution in [0.15, 0.2) is 12.1 Å². The molecule has 0 aliphatic carbocycles. The Morgan fingerprint density at radius 3 is 2.08 bits per heavy atom. The molecule has 24 heavy (non-hydrogen) atoms. The zero-order valence-corrected chi connectivity index (χ0v) is 13.3. The fourth-order valence-electron chi connectivity index (χ4n) is 3.30. The van der Waals surface area contributed by atoms with Crippen LogP contribution < -0.4 is 0 Å². The standard InChI is InChI=1S/C17H20N2O5/c20-14-3-1-5-18(14)9-11-7-12(10-19-6-2-4-15(19)21)16(22)13(8-11)17(23)24/h7-8,22H,1-6,9-10H2,(H,23,24). The summed E-state index contributed by atoms with van der Waals surface area (Å²) in [4.78, 5) is 38.3. The summed E-state index contributed by atoms with van der Waals surface area (Å²) >= 11 is 0. The summed E-state index contributed by atoms with van der Waals surface area (Å²) in [7, 11) is 0. The van der Waals surface area contributed by atoms with E-state index in [4.69, 9.17) is 0 Å². The second kappa shape index (κ2) is 6.51. The topological polar surface area (TPSA) is 98.2 Å². The molecule has 2 aliphatic rings. The Bertz CT molecular complexity index is 700. The van der Waals surface area contributed by atoms with Gasteiger partial charge >= 0.3 is 5.97 Å². The lowest BCUT2D eigenvalue weighted by molar-refractivity contribution is -0.128. The molecule has 0 radical (unpaired) electrons. The van der Waals surface area contributed by atoms with E-state index in [1.54, 1.807) is 15.9 Å². The first-order valence-electron chi connectivity index (χ1n) is 8.09. The van der Waals surface area contributed by atoms with Crippen molar-refractivity contribution in [1.29, 1.82) is 0 Å². The molecule has 7 heteroatoms. The number of nitrogens with zero attached hydrogens (tertiary/aromatic N) is 2. The molecular weight excluding hydrogens is 312 g/mol. The number of carboxylic acids is 1. The highest BCUT2D eigenvalue weighted by atomic mass is 16.4. The molecule has 1 aromatic rings. The minimum atomic E-state index is -1.23. The van der Waals surface area contributed by atoms with E-state index in [0.29, 0.717) is 43.6 Å². The minimum absolute atomic E-state index is 0.00592. The summed E-state index contributed by atoms with van der Waals surface area (Å²) in [5.41, 5.74) is 0.870. The van der Waals surface area contributed by atoms with Gasteiger partial charge in [-0.3, -0.25) is 9.59 Å². The summed E-state index contributed by atoms with van der Waals surface area (Å²) in [6, 6.07) is 3.09. The molecule has 2 saturated heterocycles. The maximum atomic E-state index is 11.8. The van der Waals surface area contributed by atoms with Gasteiger partial charge in [0.25, 0.3) is 0 Å². The molecule has 0 spiro atoms. The highest BCUT2D eigenvalue weighted by Crippen LogP contribution is 2.28. The first kappa shape index (κ1) is 16.3. The van der Waals surface area contributed by atoms with Crippen LogP contribution in [0.3, 0.4) is 0 Å². The molecule has 0 saturated carbocycles. The average Bonchev–Trinajstić information content (AvgIpc) is 3.11. The van der Waals surface area contributed by atoms with Gasteiger partial charge in [-0.1, -0.05) is 0 Å². The second-order valence-corrected chi connectivity index (χ2v) is 6.29. The highest BCUT2D eigenvalue weighted by Gasteiger charge is 2.25. The van der Waals surface area contributed by atoms with E-state index in [2.05, 4.69) is 0 Å². The Balaban J connectivity index is 1.89. The monoisotopic (exact) mass is 332 g/mol. The lowest BCUT2D eigenvalue weighted by Crippen LogP contribution is -2.25. The smallest absolute Gasteiger partial charge is 0.339 e. The van der Waals surface area contributed by atoms with Gasteiger partial charge in [0.15, 0.2) is 0 Å². The van der Waals surface area contributed by atoms with Gasteiger partial charge in [0.2, 0.25) is 11.8 Å². The molecule has 2 aliphatic heterocycles. The average molecular weight is 332 g/mol. The van der Waals surface area contributed by atoms with Crippen molar-refractivity contribution in [2.45, 2.75) is 38.8 Å². The van der Waals surface area contributed by atoms with Crippen molar-refractivity contribution in [1.82, 2.24) is 9.80 Å². The van der Waals surface area contributed by atoms with E-state index in [9.17, 15) is 24.6 Å². The van der Waals surface area contributed by atoms with Crippen LogP contribution in [-0.4, -0.2) is 50.9 Å². The second-order valence-electron chi connectivity index (χ2n) is 6.29. The van der Waals surface area contributed by atoms with Crippen LogP contribution in [0.2, 0.25) is 0 Å². The van der Waals surface area contributed by atoms with E-state index in [1.807, 2.05) is 0 Å². The Hall–Kier alpha value is -2.57. The predicted molar refractivity (Wildman–Crippen MR) is 84.4 cm³/mol. The summed E-state index contributed by atoms with van der Waals surface area (Å²) in [5, 5.41) is 19.6. The quantitative estimate of drug-likeness (QED) is 0.848. The third kappa shape index (κ3) is 3.20. The van der Waals surface area contributed by atoms with Gasteiger partial charge in [-0.15, -0.1) is 0 Å². The summed E-state index contributed by atoms with van der Waals surface area (Å²) < 4.78 is 0. The van der Waals surface area contributed by atoms with Gasteiger partial charge in [-0.25, -0.2) is 4.79 Å². The van der Waals surface area contributed by atoms with Crippen molar-refractivity contribution in [2.24, 2.45) is 0 Å². The van der Waals surface area contributed by atoms with Gasteiger partial charge in [0.05, 0.1) is 0 Å². The Morgan fingerprint density at radius 2 is 1.58 bits per heavy atom. The van der Waals surface area contributed by atoms with Crippen LogP contribution in [0.25, 0.3) is 0 Å². The van der Waals surface area contributed by atoms with Crippen molar-refractivity contribution in [3.05, 3.63) is 28.8 Å². The summed E-state index contributed by atoms with van der Waals surface area (Å²) in [6.07, 6.45) is 2.57. The Kier molecular flexibility index (Phi) is 4.42.